The molecule has 6 heteroatoms. The number of hydrogen-bond acceptors (Lipinski definition) is 4. The van der Waals surface area contributed by atoms with Crippen LogP contribution in [-0.4, -0.2) is 9.97 Å². The molecule has 0 atom stereocenters. The smallest absolute Gasteiger partial charge is 0.138 e. The molecule has 1 aromatic heterocycles. The zero-order valence-electron chi connectivity index (χ0n) is 13.3. The number of rotatable bonds is 3. The monoisotopic (exact) mass is 352 g/mol. The number of aromatic nitrogens is 2. The number of hydrogen-bond donors (Lipinski definition) is 3. The number of H-pyrrole nitrogens is 1. The molecule has 1 heterocycles. The largest absolute Gasteiger partial charge is 0.457 e. The zero-order chi connectivity index (χ0) is 16.5. The van der Waals surface area contributed by atoms with Crippen molar-refractivity contribution in [2.75, 3.05) is 11.5 Å². The Morgan fingerprint density at radius 3 is 2.04 bits per heavy atom. The molecule has 25 heavy (non-hydrogen) atoms. The van der Waals surface area contributed by atoms with Gasteiger partial charge in [0.25, 0.3) is 0 Å². The van der Waals surface area contributed by atoms with Gasteiger partial charge < -0.3 is 21.2 Å². The molecular weight excluding hydrogens is 336 g/mol. The number of nitrogens with zero attached hydrogens (tertiary/aromatic N) is 1. The lowest BCUT2D eigenvalue weighted by Crippen LogP contribution is -1.86. The third kappa shape index (κ3) is 3.51. The van der Waals surface area contributed by atoms with E-state index in [0.29, 0.717) is 5.69 Å². The average Bonchev–Trinajstić information content (AvgIpc) is 3.01. The predicted molar refractivity (Wildman–Crippen MR) is 104 cm³/mol. The second-order valence-corrected chi connectivity index (χ2v) is 5.56. The first-order valence-corrected chi connectivity index (χ1v) is 7.56. The van der Waals surface area contributed by atoms with Gasteiger partial charge in [0.05, 0.1) is 11.0 Å². The lowest BCUT2D eigenvalue weighted by Gasteiger charge is -2.05. The third-order valence-electron chi connectivity index (χ3n) is 3.75. The van der Waals surface area contributed by atoms with E-state index in [1.54, 1.807) is 0 Å². The minimum absolute atomic E-state index is 0. The maximum atomic E-state index is 5.85. The summed E-state index contributed by atoms with van der Waals surface area (Å²) >= 11 is 0. The molecule has 0 amide bonds. The summed E-state index contributed by atoms with van der Waals surface area (Å²) in [7, 11) is 0. The average molecular weight is 353 g/mol. The van der Waals surface area contributed by atoms with E-state index in [0.717, 1.165) is 39.6 Å². The molecule has 0 saturated heterocycles. The van der Waals surface area contributed by atoms with E-state index in [9.17, 15) is 0 Å². The van der Waals surface area contributed by atoms with Crippen LogP contribution in [0.2, 0.25) is 0 Å². The lowest BCUT2D eigenvalue weighted by atomic mass is 10.2. The number of anilines is 2. The Morgan fingerprint density at radius 2 is 1.36 bits per heavy atom. The highest BCUT2D eigenvalue weighted by molar-refractivity contribution is 5.85. The van der Waals surface area contributed by atoms with Crippen molar-refractivity contribution in [3.8, 4) is 22.9 Å². The number of nitrogen functional groups attached to an aromatic ring is 2. The van der Waals surface area contributed by atoms with Gasteiger partial charge in [0.1, 0.15) is 17.3 Å². The van der Waals surface area contributed by atoms with Crippen molar-refractivity contribution in [2.24, 2.45) is 0 Å². The van der Waals surface area contributed by atoms with Crippen LogP contribution in [0.25, 0.3) is 22.4 Å². The van der Waals surface area contributed by atoms with Crippen LogP contribution in [0.3, 0.4) is 0 Å². The maximum absolute atomic E-state index is 5.85. The molecule has 0 aliphatic carbocycles. The second-order valence-electron chi connectivity index (χ2n) is 5.56. The van der Waals surface area contributed by atoms with E-state index in [-0.39, 0.29) is 12.4 Å². The van der Waals surface area contributed by atoms with Gasteiger partial charge in [-0.1, -0.05) is 0 Å². The predicted octanol–water partition coefficient (Wildman–Crippen LogP) is 4.61. The molecule has 5 nitrogen and oxygen atoms in total. The molecule has 0 radical (unpaired) electrons. The number of halogens is 1. The summed E-state index contributed by atoms with van der Waals surface area (Å²) in [6.07, 6.45) is 0. The van der Waals surface area contributed by atoms with Gasteiger partial charge in [-0.15, -0.1) is 12.4 Å². The number of ether oxygens (including phenoxy) is 1. The highest BCUT2D eigenvalue weighted by Crippen LogP contribution is 2.27. The zero-order valence-corrected chi connectivity index (χ0v) is 14.1. The first-order valence-electron chi connectivity index (χ1n) is 7.56. The van der Waals surface area contributed by atoms with Gasteiger partial charge in [-0.2, -0.15) is 0 Å². The molecule has 126 valence electrons. The summed E-state index contributed by atoms with van der Waals surface area (Å²) in [6, 6.07) is 20.7. The van der Waals surface area contributed by atoms with Gasteiger partial charge >= 0.3 is 0 Å². The van der Waals surface area contributed by atoms with Crippen LogP contribution in [0.5, 0.6) is 11.5 Å². The van der Waals surface area contributed by atoms with Crippen molar-refractivity contribution in [2.45, 2.75) is 0 Å². The molecule has 5 N–H and O–H groups in total. The molecule has 0 aliphatic rings. The van der Waals surface area contributed by atoms with E-state index < -0.39 is 0 Å². The number of aromatic amines is 1. The van der Waals surface area contributed by atoms with Crippen molar-refractivity contribution in [3.63, 3.8) is 0 Å². The fourth-order valence-electron chi connectivity index (χ4n) is 2.50. The van der Waals surface area contributed by atoms with Crippen LogP contribution < -0.4 is 16.2 Å². The topological polar surface area (TPSA) is 89.9 Å². The van der Waals surface area contributed by atoms with E-state index in [1.165, 1.54) is 0 Å². The van der Waals surface area contributed by atoms with Crippen LogP contribution in [0.15, 0.2) is 66.7 Å². The van der Waals surface area contributed by atoms with Crippen LogP contribution in [0.4, 0.5) is 11.4 Å². The standard InChI is InChI=1S/C19H16N4O.ClH/c20-13-3-1-12(2-4-13)19-22-17-10-9-16(11-18(17)23-19)24-15-7-5-14(21)6-8-15;/h1-11H,20-21H2,(H,22,23);1H. The highest BCUT2D eigenvalue weighted by atomic mass is 35.5. The van der Waals surface area contributed by atoms with Gasteiger partial charge in [0, 0.05) is 23.0 Å². The Kier molecular flexibility index (Phi) is 4.50. The third-order valence-corrected chi connectivity index (χ3v) is 3.75. The second kappa shape index (κ2) is 6.75. The van der Waals surface area contributed by atoms with Crippen molar-refractivity contribution < 1.29 is 4.74 Å². The highest BCUT2D eigenvalue weighted by Gasteiger charge is 2.07. The summed E-state index contributed by atoms with van der Waals surface area (Å²) in [5.74, 6) is 2.27. The molecule has 0 spiro atoms. The molecule has 0 saturated carbocycles. The fourth-order valence-corrected chi connectivity index (χ4v) is 2.50. The summed E-state index contributed by atoms with van der Waals surface area (Å²) < 4.78 is 5.85. The Bertz CT molecular complexity index is 994. The van der Waals surface area contributed by atoms with Gasteiger partial charge in [-0.3, -0.25) is 0 Å². The fraction of sp³-hybridized carbons (Fsp3) is 0. The van der Waals surface area contributed by atoms with E-state index in [2.05, 4.69) is 9.97 Å². The molecular formula is C19H17ClN4O. The molecule has 0 aliphatic heterocycles. The van der Waals surface area contributed by atoms with Gasteiger partial charge in [-0.05, 0) is 60.7 Å². The van der Waals surface area contributed by atoms with Crippen LogP contribution in [0.1, 0.15) is 0 Å². The molecule has 4 rings (SSSR count). The van der Waals surface area contributed by atoms with E-state index in [1.807, 2.05) is 66.7 Å². The van der Waals surface area contributed by atoms with Crippen molar-refractivity contribution >= 4 is 34.8 Å². The molecule has 0 unspecified atom stereocenters. The number of nitrogens with one attached hydrogen (secondary N) is 1. The number of fused-ring (bicyclic) bond motifs is 1. The van der Waals surface area contributed by atoms with Gasteiger partial charge in [-0.25, -0.2) is 4.98 Å². The summed E-state index contributed by atoms with van der Waals surface area (Å²) in [5, 5.41) is 0. The first-order chi connectivity index (χ1) is 11.7. The summed E-state index contributed by atoms with van der Waals surface area (Å²) in [4.78, 5) is 7.92. The van der Waals surface area contributed by atoms with Crippen molar-refractivity contribution in [1.29, 1.82) is 0 Å². The molecule has 0 bridgehead atoms. The maximum Gasteiger partial charge on any atom is 0.138 e. The van der Waals surface area contributed by atoms with Crippen LogP contribution in [-0.2, 0) is 0 Å². The summed E-state index contributed by atoms with van der Waals surface area (Å²) in [5.41, 5.74) is 15.6. The summed E-state index contributed by atoms with van der Waals surface area (Å²) in [6.45, 7) is 0. The van der Waals surface area contributed by atoms with Crippen LogP contribution in [0, 0.1) is 0 Å². The molecule has 3 aromatic carbocycles. The lowest BCUT2D eigenvalue weighted by molar-refractivity contribution is 0.483. The molecule has 4 aromatic rings. The minimum Gasteiger partial charge on any atom is -0.457 e. The minimum atomic E-state index is 0. The van der Waals surface area contributed by atoms with Crippen molar-refractivity contribution in [3.05, 3.63) is 66.7 Å². The van der Waals surface area contributed by atoms with Gasteiger partial charge in [0.2, 0.25) is 0 Å². The SMILES string of the molecule is Cl.Nc1ccc(Oc2ccc3nc(-c4ccc(N)cc4)[nH]c3c2)cc1. The van der Waals surface area contributed by atoms with E-state index >= 15 is 0 Å². The number of benzene rings is 3. The Morgan fingerprint density at radius 1 is 0.760 bits per heavy atom. The van der Waals surface area contributed by atoms with E-state index in [4.69, 9.17) is 16.2 Å². The molecule has 0 fully saturated rings. The number of imidazole rings is 1. The Labute approximate surface area is 151 Å². The quantitative estimate of drug-likeness (QED) is 0.470. The van der Waals surface area contributed by atoms with Crippen molar-refractivity contribution in [1.82, 2.24) is 9.97 Å². The Hall–Kier alpha value is -3.18. The Balaban J connectivity index is 0.00000182. The van der Waals surface area contributed by atoms with Gasteiger partial charge in [0.15, 0.2) is 0 Å². The first kappa shape index (κ1) is 16.7. The number of nitrogens with two attached hydrogens (primary N) is 2. The van der Waals surface area contributed by atoms with Crippen LogP contribution >= 0.6 is 12.4 Å². The normalized spacial score (nSPS) is 10.4.